The number of hydrogen-bond acceptors (Lipinski definition) is 3. The third-order valence-electron chi connectivity index (χ3n) is 3.38. The van der Waals surface area contributed by atoms with Gasteiger partial charge in [-0.2, -0.15) is 0 Å². The van der Waals surface area contributed by atoms with Gasteiger partial charge < -0.3 is 15.0 Å². The topological polar surface area (TPSA) is 58.6 Å². The molecule has 0 unspecified atom stereocenters. The second-order valence-corrected chi connectivity index (χ2v) is 6.34. The fraction of sp³-hybridized carbons (Fsp3) is 0.500. The molecule has 1 heterocycles. The predicted octanol–water partition coefficient (Wildman–Crippen LogP) is 1.96. The Bertz CT molecular complexity index is 531. The molecule has 21 heavy (non-hydrogen) atoms. The van der Waals surface area contributed by atoms with E-state index in [-0.39, 0.29) is 29.7 Å². The Morgan fingerprint density at radius 3 is 2.43 bits per heavy atom. The van der Waals surface area contributed by atoms with Gasteiger partial charge in [-0.25, -0.2) is 0 Å². The molecule has 1 atom stereocenters. The van der Waals surface area contributed by atoms with E-state index in [2.05, 4.69) is 5.32 Å². The van der Waals surface area contributed by atoms with Crippen molar-refractivity contribution in [2.24, 2.45) is 5.92 Å². The van der Waals surface area contributed by atoms with Crippen LogP contribution in [-0.2, 0) is 9.59 Å². The fourth-order valence-electron chi connectivity index (χ4n) is 2.37. The second-order valence-electron chi connectivity index (χ2n) is 6.34. The molecule has 1 aliphatic heterocycles. The first-order valence-electron chi connectivity index (χ1n) is 7.06. The molecule has 1 aromatic carbocycles. The van der Waals surface area contributed by atoms with Gasteiger partial charge in [-0.05, 0) is 45.0 Å². The van der Waals surface area contributed by atoms with Crippen LogP contribution in [0.2, 0.25) is 0 Å². The van der Waals surface area contributed by atoms with Crippen LogP contribution < -0.4 is 15.0 Å². The third kappa shape index (κ3) is 3.74. The number of hydrogen-bond donors (Lipinski definition) is 1. The summed E-state index contributed by atoms with van der Waals surface area (Å²) in [5.74, 6) is 0.368. The fourth-order valence-corrected chi connectivity index (χ4v) is 2.37. The van der Waals surface area contributed by atoms with Gasteiger partial charge in [-0.3, -0.25) is 9.59 Å². The van der Waals surface area contributed by atoms with Crippen LogP contribution >= 0.6 is 0 Å². The summed E-state index contributed by atoms with van der Waals surface area (Å²) in [7, 11) is 1.60. The number of methoxy groups -OCH3 is 1. The van der Waals surface area contributed by atoms with Crippen LogP contribution in [0.15, 0.2) is 24.3 Å². The minimum Gasteiger partial charge on any atom is -0.497 e. The van der Waals surface area contributed by atoms with Gasteiger partial charge in [0.25, 0.3) is 0 Å². The second kappa shape index (κ2) is 5.76. The lowest BCUT2D eigenvalue weighted by Crippen LogP contribution is -2.44. The highest BCUT2D eigenvalue weighted by molar-refractivity contribution is 6.00. The quantitative estimate of drug-likeness (QED) is 0.926. The lowest BCUT2D eigenvalue weighted by molar-refractivity contribution is -0.127. The van der Waals surface area contributed by atoms with Gasteiger partial charge in [0.1, 0.15) is 5.75 Å². The molecule has 114 valence electrons. The highest BCUT2D eigenvalue weighted by atomic mass is 16.5. The largest absolute Gasteiger partial charge is 0.497 e. The number of anilines is 1. The van der Waals surface area contributed by atoms with Crippen molar-refractivity contribution in [2.75, 3.05) is 18.6 Å². The van der Waals surface area contributed by atoms with Crippen LogP contribution in [0.3, 0.4) is 0 Å². The molecule has 0 bridgehead atoms. The molecule has 2 rings (SSSR count). The van der Waals surface area contributed by atoms with Crippen molar-refractivity contribution in [3.63, 3.8) is 0 Å². The number of nitrogens with zero attached hydrogens (tertiary/aromatic N) is 1. The van der Waals surface area contributed by atoms with Crippen LogP contribution in [0.25, 0.3) is 0 Å². The molecule has 5 heteroatoms. The van der Waals surface area contributed by atoms with E-state index in [4.69, 9.17) is 4.74 Å². The monoisotopic (exact) mass is 290 g/mol. The molecule has 0 spiro atoms. The van der Waals surface area contributed by atoms with Crippen molar-refractivity contribution >= 4 is 17.5 Å². The molecule has 0 saturated carbocycles. The average Bonchev–Trinajstić information content (AvgIpc) is 2.79. The van der Waals surface area contributed by atoms with Crippen molar-refractivity contribution in [2.45, 2.75) is 32.7 Å². The van der Waals surface area contributed by atoms with Crippen LogP contribution in [0.1, 0.15) is 27.2 Å². The van der Waals surface area contributed by atoms with E-state index in [1.807, 2.05) is 45.0 Å². The molecule has 0 radical (unpaired) electrons. The molecule has 1 saturated heterocycles. The zero-order valence-corrected chi connectivity index (χ0v) is 13.0. The Kier molecular flexibility index (Phi) is 4.21. The van der Waals surface area contributed by atoms with E-state index < -0.39 is 0 Å². The number of benzene rings is 1. The molecular weight excluding hydrogens is 268 g/mol. The first-order chi connectivity index (χ1) is 9.80. The summed E-state index contributed by atoms with van der Waals surface area (Å²) >= 11 is 0. The Labute approximate surface area is 125 Å². The van der Waals surface area contributed by atoms with E-state index >= 15 is 0 Å². The number of ether oxygens (including phenoxy) is 1. The van der Waals surface area contributed by atoms with E-state index in [0.717, 1.165) is 11.4 Å². The summed E-state index contributed by atoms with van der Waals surface area (Å²) in [4.78, 5) is 26.0. The zero-order valence-electron chi connectivity index (χ0n) is 13.0. The van der Waals surface area contributed by atoms with Crippen molar-refractivity contribution in [1.82, 2.24) is 5.32 Å². The Balaban J connectivity index is 2.07. The number of rotatable bonds is 3. The van der Waals surface area contributed by atoms with Gasteiger partial charge in [0, 0.05) is 24.2 Å². The highest BCUT2D eigenvalue weighted by Gasteiger charge is 2.36. The number of amides is 2. The molecule has 1 N–H and O–H groups in total. The predicted molar refractivity (Wildman–Crippen MR) is 81.3 cm³/mol. The van der Waals surface area contributed by atoms with Crippen molar-refractivity contribution in [3.8, 4) is 5.75 Å². The highest BCUT2D eigenvalue weighted by Crippen LogP contribution is 2.27. The summed E-state index contributed by atoms with van der Waals surface area (Å²) in [6, 6.07) is 7.29. The first kappa shape index (κ1) is 15.4. The molecule has 1 fully saturated rings. The van der Waals surface area contributed by atoms with Crippen molar-refractivity contribution < 1.29 is 14.3 Å². The van der Waals surface area contributed by atoms with E-state index in [1.165, 1.54) is 0 Å². The summed E-state index contributed by atoms with van der Waals surface area (Å²) in [6.45, 7) is 6.22. The molecule has 0 aromatic heterocycles. The summed E-state index contributed by atoms with van der Waals surface area (Å²) in [5.41, 5.74) is 0.514. The molecule has 5 nitrogen and oxygen atoms in total. The van der Waals surface area contributed by atoms with Crippen molar-refractivity contribution in [3.05, 3.63) is 24.3 Å². The molecule has 1 aromatic rings. The summed E-state index contributed by atoms with van der Waals surface area (Å²) in [5, 5.41) is 2.93. The normalized spacial score (nSPS) is 18.8. The zero-order chi connectivity index (χ0) is 15.6. The van der Waals surface area contributed by atoms with Gasteiger partial charge in [0.05, 0.1) is 13.0 Å². The smallest absolute Gasteiger partial charge is 0.227 e. The molecular formula is C16H22N2O3. The molecule has 1 aliphatic rings. The maximum Gasteiger partial charge on any atom is 0.227 e. The Morgan fingerprint density at radius 2 is 1.90 bits per heavy atom. The van der Waals surface area contributed by atoms with E-state index in [9.17, 15) is 9.59 Å². The van der Waals surface area contributed by atoms with Gasteiger partial charge in [-0.15, -0.1) is 0 Å². The van der Waals surface area contributed by atoms with Crippen LogP contribution in [-0.4, -0.2) is 31.0 Å². The average molecular weight is 290 g/mol. The minimum absolute atomic E-state index is 0.0192. The van der Waals surface area contributed by atoms with Crippen LogP contribution in [0.5, 0.6) is 5.75 Å². The van der Waals surface area contributed by atoms with Gasteiger partial charge in [-0.1, -0.05) is 0 Å². The number of carbonyl (C=O) groups excluding carboxylic acids is 2. The number of nitrogens with one attached hydrogen (secondary N) is 1. The Morgan fingerprint density at radius 1 is 1.29 bits per heavy atom. The maximum absolute atomic E-state index is 12.2. The lowest BCUT2D eigenvalue weighted by Gasteiger charge is -2.23. The SMILES string of the molecule is COc1ccc(N2C[C@H](C(=O)NC(C)(C)C)CC2=O)cc1. The molecule has 2 amide bonds. The number of carbonyl (C=O) groups is 2. The minimum atomic E-state index is -0.293. The van der Waals surface area contributed by atoms with Gasteiger partial charge in [0.2, 0.25) is 11.8 Å². The third-order valence-corrected chi connectivity index (χ3v) is 3.38. The van der Waals surface area contributed by atoms with Gasteiger partial charge >= 0.3 is 0 Å². The first-order valence-corrected chi connectivity index (χ1v) is 7.06. The van der Waals surface area contributed by atoms with E-state index in [1.54, 1.807) is 12.0 Å². The Hall–Kier alpha value is -2.04. The van der Waals surface area contributed by atoms with Crippen LogP contribution in [0, 0.1) is 5.92 Å². The van der Waals surface area contributed by atoms with Crippen molar-refractivity contribution in [1.29, 1.82) is 0 Å². The molecule has 0 aliphatic carbocycles. The van der Waals surface area contributed by atoms with Crippen LogP contribution in [0.4, 0.5) is 5.69 Å². The van der Waals surface area contributed by atoms with E-state index in [0.29, 0.717) is 6.54 Å². The van der Waals surface area contributed by atoms with Gasteiger partial charge in [0.15, 0.2) is 0 Å². The standard InChI is InChI=1S/C16H22N2O3/c1-16(2,3)17-15(20)11-9-14(19)18(10-11)12-5-7-13(21-4)8-6-12/h5-8,11H,9-10H2,1-4H3,(H,17,20)/t11-/m1/s1. The summed E-state index contributed by atoms with van der Waals surface area (Å²) in [6.07, 6.45) is 0.258. The summed E-state index contributed by atoms with van der Waals surface area (Å²) < 4.78 is 5.11. The maximum atomic E-state index is 12.2. The lowest BCUT2D eigenvalue weighted by atomic mass is 10.0.